The van der Waals surface area contributed by atoms with Gasteiger partial charge in [0.15, 0.2) is 3.95 Å². The Morgan fingerprint density at radius 1 is 1.19 bits per heavy atom. The molecule has 1 heterocycles. The normalized spacial score (nSPS) is 10.9. The van der Waals surface area contributed by atoms with Crippen LogP contribution in [0.25, 0.3) is 0 Å². The van der Waals surface area contributed by atoms with Gasteiger partial charge in [-0.3, -0.25) is 4.90 Å². The topological polar surface area (TPSA) is 42.3 Å². The van der Waals surface area contributed by atoms with E-state index in [-0.39, 0.29) is 0 Å². The summed E-state index contributed by atoms with van der Waals surface area (Å²) in [6, 6.07) is 16.3. The number of hydrogen-bond acceptors (Lipinski definition) is 6. The molecule has 3 aromatic rings. The molecule has 0 aliphatic rings. The predicted octanol–water partition coefficient (Wildman–Crippen LogP) is 4.82. The highest BCUT2D eigenvalue weighted by atomic mass is 32.1. The largest absolute Gasteiger partial charge is 0.495 e. The summed E-state index contributed by atoms with van der Waals surface area (Å²) in [6.45, 7) is 3.57. The summed E-state index contributed by atoms with van der Waals surface area (Å²) in [5.41, 5.74) is 3.41. The number of ether oxygens (including phenoxy) is 1. The number of aryl methyl sites for hydroxylation is 1. The van der Waals surface area contributed by atoms with E-state index in [0.29, 0.717) is 6.67 Å². The summed E-state index contributed by atoms with van der Waals surface area (Å²) >= 11 is 6.92. The second kappa shape index (κ2) is 8.44. The van der Waals surface area contributed by atoms with E-state index in [9.17, 15) is 0 Å². The van der Waals surface area contributed by atoms with Gasteiger partial charge in [-0.2, -0.15) is 0 Å². The number of rotatable bonds is 7. The van der Waals surface area contributed by atoms with E-state index < -0.39 is 0 Å². The first-order valence-electron chi connectivity index (χ1n) is 8.27. The average molecular weight is 387 g/mol. The molecule has 1 N–H and O–H groups in total. The van der Waals surface area contributed by atoms with Crippen molar-refractivity contribution in [3.8, 4) is 5.75 Å². The van der Waals surface area contributed by atoms with Crippen molar-refractivity contribution in [1.82, 2.24) is 14.7 Å². The Balaban J connectivity index is 1.68. The van der Waals surface area contributed by atoms with E-state index in [1.54, 1.807) is 7.11 Å². The molecule has 0 atom stereocenters. The highest BCUT2D eigenvalue weighted by Crippen LogP contribution is 2.28. The Morgan fingerprint density at radius 2 is 1.92 bits per heavy atom. The van der Waals surface area contributed by atoms with Crippen molar-refractivity contribution in [2.45, 2.75) is 20.1 Å². The number of aromatic nitrogens is 2. The molecule has 0 fully saturated rings. The van der Waals surface area contributed by atoms with Gasteiger partial charge in [0.05, 0.1) is 19.5 Å². The van der Waals surface area contributed by atoms with E-state index in [0.717, 1.165) is 27.1 Å². The van der Waals surface area contributed by atoms with Gasteiger partial charge in [-0.15, -0.1) is 5.10 Å². The zero-order valence-corrected chi connectivity index (χ0v) is 16.7. The van der Waals surface area contributed by atoms with E-state index >= 15 is 0 Å². The van der Waals surface area contributed by atoms with E-state index in [1.807, 2.05) is 28.9 Å². The molecular weight excluding hydrogens is 364 g/mol. The molecule has 0 unspecified atom stereocenters. The van der Waals surface area contributed by atoms with Crippen LogP contribution < -0.4 is 10.1 Å². The van der Waals surface area contributed by atoms with Crippen LogP contribution in [-0.2, 0) is 13.2 Å². The van der Waals surface area contributed by atoms with Crippen LogP contribution in [0.5, 0.6) is 5.75 Å². The Hall–Kier alpha value is -2.22. The highest BCUT2D eigenvalue weighted by Gasteiger charge is 2.09. The van der Waals surface area contributed by atoms with Gasteiger partial charge >= 0.3 is 0 Å². The number of hydrogen-bond donors (Lipinski definition) is 1. The number of para-hydroxylation sites is 2. The predicted molar refractivity (Wildman–Crippen MR) is 110 cm³/mol. The first-order chi connectivity index (χ1) is 12.5. The number of methoxy groups -OCH3 is 1. The number of anilines is 2. The molecule has 3 rings (SSSR count). The zero-order chi connectivity index (χ0) is 18.5. The smallest absolute Gasteiger partial charge is 0.209 e. The molecule has 0 saturated heterocycles. The summed E-state index contributed by atoms with van der Waals surface area (Å²) in [6.07, 6.45) is 0. The van der Waals surface area contributed by atoms with Gasteiger partial charge in [0.1, 0.15) is 5.75 Å². The summed E-state index contributed by atoms with van der Waals surface area (Å²) in [7, 11) is 3.72. The minimum atomic E-state index is 0.636. The van der Waals surface area contributed by atoms with Gasteiger partial charge < -0.3 is 10.1 Å². The monoisotopic (exact) mass is 386 g/mol. The van der Waals surface area contributed by atoms with Crippen molar-refractivity contribution in [3.63, 3.8) is 0 Å². The summed E-state index contributed by atoms with van der Waals surface area (Å²) < 4.78 is 7.94. The van der Waals surface area contributed by atoms with Crippen molar-refractivity contribution in [2.75, 3.05) is 19.5 Å². The molecule has 0 spiro atoms. The van der Waals surface area contributed by atoms with Crippen LogP contribution in [0, 0.1) is 10.9 Å². The Bertz CT molecular complexity index is 918. The molecule has 0 amide bonds. The molecule has 0 radical (unpaired) electrons. The molecule has 0 aliphatic carbocycles. The molecule has 1 aromatic heterocycles. The van der Waals surface area contributed by atoms with Crippen LogP contribution in [0.15, 0.2) is 48.5 Å². The van der Waals surface area contributed by atoms with Gasteiger partial charge in [0, 0.05) is 6.54 Å². The Morgan fingerprint density at radius 3 is 2.65 bits per heavy atom. The number of nitrogens with zero attached hydrogens (tertiary/aromatic N) is 3. The standard InChI is InChI=1S/C19H22N4OS2/c1-14-8-10-15(11-9-14)12-22(2)13-23-19(25)26-18(21-23)20-16-6-4-5-7-17(16)24-3/h4-11H,12-13H2,1-3H3,(H,20,21). The second-order valence-corrected chi connectivity index (χ2v) is 7.76. The van der Waals surface area contributed by atoms with Gasteiger partial charge in [-0.05, 0) is 43.9 Å². The lowest BCUT2D eigenvalue weighted by Crippen LogP contribution is -2.22. The molecule has 26 heavy (non-hydrogen) atoms. The molecule has 0 bridgehead atoms. The summed E-state index contributed by atoms with van der Waals surface area (Å²) in [5, 5.41) is 8.64. The fourth-order valence-electron chi connectivity index (χ4n) is 2.59. The van der Waals surface area contributed by atoms with Gasteiger partial charge in [0.25, 0.3) is 0 Å². The van der Waals surface area contributed by atoms with Crippen LogP contribution in [0.3, 0.4) is 0 Å². The van der Waals surface area contributed by atoms with Crippen molar-refractivity contribution in [3.05, 3.63) is 63.6 Å². The van der Waals surface area contributed by atoms with Gasteiger partial charge in [-0.1, -0.05) is 53.3 Å². The molecular formula is C19H22N4OS2. The van der Waals surface area contributed by atoms with Crippen LogP contribution >= 0.6 is 23.6 Å². The van der Waals surface area contributed by atoms with Crippen molar-refractivity contribution >= 4 is 34.4 Å². The van der Waals surface area contributed by atoms with Crippen molar-refractivity contribution in [1.29, 1.82) is 0 Å². The molecule has 136 valence electrons. The van der Waals surface area contributed by atoms with Crippen molar-refractivity contribution < 1.29 is 4.74 Å². The minimum absolute atomic E-state index is 0.636. The lowest BCUT2D eigenvalue weighted by molar-refractivity contribution is 0.245. The Kier molecular flexibility index (Phi) is 6.03. The zero-order valence-electron chi connectivity index (χ0n) is 15.1. The quantitative estimate of drug-likeness (QED) is 0.590. The first-order valence-corrected chi connectivity index (χ1v) is 9.49. The third-order valence-electron chi connectivity index (χ3n) is 3.90. The molecule has 7 heteroatoms. The van der Waals surface area contributed by atoms with Gasteiger partial charge in [0.2, 0.25) is 5.13 Å². The maximum absolute atomic E-state index is 5.47. The maximum Gasteiger partial charge on any atom is 0.209 e. The fraction of sp³-hybridized carbons (Fsp3) is 0.263. The average Bonchev–Trinajstić information content (AvgIpc) is 2.96. The van der Waals surface area contributed by atoms with E-state index in [2.05, 4.69) is 53.6 Å². The third-order valence-corrected chi connectivity index (χ3v) is 5.13. The van der Waals surface area contributed by atoms with E-state index in [4.69, 9.17) is 17.0 Å². The lowest BCUT2D eigenvalue weighted by atomic mass is 10.1. The van der Waals surface area contributed by atoms with E-state index in [1.165, 1.54) is 22.5 Å². The fourth-order valence-corrected chi connectivity index (χ4v) is 3.60. The SMILES string of the molecule is COc1ccccc1Nc1nn(CN(C)Cc2ccc(C)cc2)c(=S)s1. The maximum atomic E-state index is 5.47. The van der Waals surface area contributed by atoms with Crippen LogP contribution in [0.1, 0.15) is 11.1 Å². The van der Waals surface area contributed by atoms with Crippen LogP contribution in [0.4, 0.5) is 10.8 Å². The number of benzene rings is 2. The molecule has 2 aromatic carbocycles. The summed E-state index contributed by atoms with van der Waals surface area (Å²) in [5.74, 6) is 0.775. The summed E-state index contributed by atoms with van der Waals surface area (Å²) in [4.78, 5) is 2.19. The Labute approximate surface area is 162 Å². The molecule has 0 aliphatic heterocycles. The van der Waals surface area contributed by atoms with Gasteiger partial charge in [-0.25, -0.2) is 4.68 Å². The second-order valence-electron chi connectivity index (χ2n) is 6.14. The van der Waals surface area contributed by atoms with Crippen LogP contribution in [0.2, 0.25) is 0 Å². The molecule has 0 saturated carbocycles. The van der Waals surface area contributed by atoms with Crippen LogP contribution in [-0.4, -0.2) is 28.8 Å². The number of nitrogens with one attached hydrogen (secondary N) is 1. The van der Waals surface area contributed by atoms with Crippen molar-refractivity contribution in [2.24, 2.45) is 0 Å². The third kappa shape index (κ3) is 4.69. The highest BCUT2D eigenvalue weighted by molar-refractivity contribution is 7.73. The minimum Gasteiger partial charge on any atom is -0.495 e. The first kappa shape index (κ1) is 18.6. The molecule has 5 nitrogen and oxygen atoms in total. The lowest BCUT2D eigenvalue weighted by Gasteiger charge is -2.16.